The standard InChI is InChI=1S/C18H27FN4O.HI/c1-5-20-17(23-12-18(2,3)24-4)21-9-8-13-11-22-16-7-6-14(19)10-15(13)16;/h6-7,10-11,22H,5,8-9,12H2,1-4H3,(H2,20,21,23);1H. The number of aromatic nitrogens is 1. The summed E-state index contributed by atoms with van der Waals surface area (Å²) < 4.78 is 18.8. The first-order valence-corrected chi connectivity index (χ1v) is 8.28. The molecule has 7 heteroatoms. The number of ether oxygens (including phenoxy) is 1. The van der Waals surface area contributed by atoms with Gasteiger partial charge in [-0.05, 0) is 51.0 Å². The van der Waals surface area contributed by atoms with Crippen molar-refractivity contribution in [1.29, 1.82) is 0 Å². The number of nitrogens with one attached hydrogen (secondary N) is 3. The highest BCUT2D eigenvalue weighted by Crippen LogP contribution is 2.19. The van der Waals surface area contributed by atoms with Crippen molar-refractivity contribution in [1.82, 2.24) is 15.6 Å². The van der Waals surface area contributed by atoms with Gasteiger partial charge in [0, 0.05) is 37.3 Å². The van der Waals surface area contributed by atoms with E-state index in [0.29, 0.717) is 13.1 Å². The quantitative estimate of drug-likeness (QED) is 0.336. The van der Waals surface area contributed by atoms with Crippen molar-refractivity contribution >= 4 is 40.8 Å². The molecule has 0 saturated heterocycles. The molecule has 0 atom stereocenters. The second-order valence-corrected chi connectivity index (χ2v) is 6.34. The van der Waals surface area contributed by atoms with Crippen molar-refractivity contribution in [3.05, 3.63) is 35.8 Å². The lowest BCUT2D eigenvalue weighted by Gasteiger charge is -2.21. The summed E-state index contributed by atoms with van der Waals surface area (Å²) in [5.41, 5.74) is 1.75. The molecule has 3 N–H and O–H groups in total. The molecule has 0 radical (unpaired) electrons. The minimum Gasteiger partial charge on any atom is -0.377 e. The first-order valence-electron chi connectivity index (χ1n) is 8.28. The summed E-state index contributed by atoms with van der Waals surface area (Å²) >= 11 is 0. The average Bonchev–Trinajstić information content (AvgIpc) is 2.95. The van der Waals surface area contributed by atoms with Gasteiger partial charge < -0.3 is 20.4 Å². The van der Waals surface area contributed by atoms with Crippen molar-refractivity contribution < 1.29 is 9.13 Å². The first kappa shape index (κ1) is 21.7. The third-order valence-corrected chi connectivity index (χ3v) is 3.93. The Hall–Kier alpha value is -1.35. The Bertz CT molecular complexity index is 699. The van der Waals surface area contributed by atoms with E-state index in [1.165, 1.54) is 6.07 Å². The van der Waals surface area contributed by atoms with Crippen LogP contribution in [0.3, 0.4) is 0 Å². The summed E-state index contributed by atoms with van der Waals surface area (Å²) in [6.45, 7) is 8.10. The number of aliphatic imine (C=N–C) groups is 1. The molecule has 0 fully saturated rings. The minimum absolute atomic E-state index is 0. The SMILES string of the molecule is CCNC(=NCC(C)(C)OC)NCCc1c[nH]c2ccc(F)cc12.I. The highest BCUT2D eigenvalue weighted by molar-refractivity contribution is 14.0. The van der Waals surface area contributed by atoms with Crippen LogP contribution >= 0.6 is 24.0 Å². The topological polar surface area (TPSA) is 61.4 Å². The molecule has 140 valence electrons. The van der Waals surface area contributed by atoms with E-state index >= 15 is 0 Å². The Kier molecular flexibility index (Phi) is 8.64. The molecule has 1 aromatic heterocycles. The van der Waals surface area contributed by atoms with Crippen molar-refractivity contribution in [3.8, 4) is 0 Å². The van der Waals surface area contributed by atoms with Crippen LogP contribution in [0.25, 0.3) is 10.9 Å². The molecule has 1 aromatic carbocycles. The number of fused-ring (bicyclic) bond motifs is 1. The van der Waals surface area contributed by atoms with Crippen LogP contribution in [0.5, 0.6) is 0 Å². The van der Waals surface area contributed by atoms with Crippen LogP contribution in [0, 0.1) is 5.82 Å². The summed E-state index contributed by atoms with van der Waals surface area (Å²) in [5.74, 6) is 0.543. The third kappa shape index (κ3) is 6.47. The Morgan fingerprint density at radius 3 is 2.76 bits per heavy atom. The smallest absolute Gasteiger partial charge is 0.191 e. The van der Waals surface area contributed by atoms with Crippen LogP contribution < -0.4 is 10.6 Å². The van der Waals surface area contributed by atoms with Crippen molar-refractivity contribution in [2.75, 3.05) is 26.7 Å². The van der Waals surface area contributed by atoms with Gasteiger partial charge in [0.05, 0.1) is 12.1 Å². The molecule has 0 unspecified atom stereocenters. The van der Waals surface area contributed by atoms with E-state index in [0.717, 1.165) is 35.4 Å². The first-order chi connectivity index (χ1) is 11.4. The molecule has 0 aliphatic carbocycles. The zero-order valence-electron chi connectivity index (χ0n) is 15.3. The van der Waals surface area contributed by atoms with E-state index in [9.17, 15) is 4.39 Å². The summed E-state index contributed by atoms with van der Waals surface area (Å²) in [4.78, 5) is 7.73. The predicted molar refractivity (Wildman–Crippen MR) is 112 cm³/mol. The maximum absolute atomic E-state index is 13.4. The number of halogens is 2. The summed E-state index contributed by atoms with van der Waals surface area (Å²) in [7, 11) is 1.69. The van der Waals surface area contributed by atoms with Crippen LogP contribution in [-0.4, -0.2) is 43.3 Å². The van der Waals surface area contributed by atoms with Gasteiger partial charge in [0.15, 0.2) is 5.96 Å². The number of H-pyrrole nitrogens is 1. The molecule has 0 aliphatic heterocycles. The third-order valence-electron chi connectivity index (χ3n) is 3.93. The number of rotatable bonds is 7. The molecular formula is C18H28FIN4O. The van der Waals surface area contributed by atoms with Crippen molar-refractivity contribution in [3.63, 3.8) is 0 Å². The number of methoxy groups -OCH3 is 1. The van der Waals surface area contributed by atoms with Gasteiger partial charge in [-0.1, -0.05) is 0 Å². The lowest BCUT2D eigenvalue weighted by molar-refractivity contribution is 0.0310. The van der Waals surface area contributed by atoms with Gasteiger partial charge in [-0.2, -0.15) is 0 Å². The van der Waals surface area contributed by atoms with E-state index < -0.39 is 0 Å². The monoisotopic (exact) mass is 462 g/mol. The van der Waals surface area contributed by atoms with Crippen LogP contribution in [0.2, 0.25) is 0 Å². The molecule has 25 heavy (non-hydrogen) atoms. The largest absolute Gasteiger partial charge is 0.377 e. The van der Waals surface area contributed by atoms with E-state index in [2.05, 4.69) is 20.6 Å². The van der Waals surface area contributed by atoms with Gasteiger partial charge >= 0.3 is 0 Å². The van der Waals surface area contributed by atoms with Crippen LogP contribution in [0.4, 0.5) is 4.39 Å². The predicted octanol–water partition coefficient (Wildman–Crippen LogP) is 3.45. The Balaban J connectivity index is 0.00000312. The van der Waals surface area contributed by atoms with Gasteiger partial charge in [0.25, 0.3) is 0 Å². The van der Waals surface area contributed by atoms with Crippen molar-refractivity contribution in [2.45, 2.75) is 32.8 Å². The number of hydrogen-bond acceptors (Lipinski definition) is 2. The molecular weight excluding hydrogens is 434 g/mol. The van der Waals surface area contributed by atoms with Gasteiger partial charge in [0.1, 0.15) is 5.82 Å². The lowest BCUT2D eigenvalue weighted by atomic mass is 10.1. The van der Waals surface area contributed by atoms with E-state index in [4.69, 9.17) is 4.74 Å². The van der Waals surface area contributed by atoms with Crippen LogP contribution in [0.15, 0.2) is 29.4 Å². The van der Waals surface area contributed by atoms with Crippen molar-refractivity contribution in [2.24, 2.45) is 4.99 Å². The van der Waals surface area contributed by atoms with Gasteiger partial charge in [-0.25, -0.2) is 4.39 Å². The molecule has 2 rings (SSSR count). The molecule has 5 nitrogen and oxygen atoms in total. The maximum atomic E-state index is 13.4. The summed E-state index contributed by atoms with van der Waals surface area (Å²) in [5, 5.41) is 7.46. The molecule has 1 heterocycles. The fourth-order valence-electron chi connectivity index (χ4n) is 2.35. The number of aromatic amines is 1. The Labute approximate surface area is 165 Å². The molecule has 0 spiro atoms. The van der Waals surface area contributed by atoms with Crippen LogP contribution in [0.1, 0.15) is 26.3 Å². The molecule has 0 amide bonds. The lowest BCUT2D eigenvalue weighted by Crippen LogP contribution is -2.40. The fraction of sp³-hybridized carbons (Fsp3) is 0.500. The second-order valence-electron chi connectivity index (χ2n) is 6.34. The summed E-state index contributed by atoms with van der Waals surface area (Å²) in [6.07, 6.45) is 2.71. The highest BCUT2D eigenvalue weighted by Gasteiger charge is 2.15. The zero-order chi connectivity index (χ0) is 17.6. The molecule has 0 bridgehead atoms. The highest BCUT2D eigenvalue weighted by atomic mass is 127. The maximum Gasteiger partial charge on any atom is 0.191 e. The summed E-state index contributed by atoms with van der Waals surface area (Å²) in [6, 6.07) is 4.80. The number of benzene rings is 1. The van der Waals surface area contributed by atoms with Gasteiger partial charge in [-0.15, -0.1) is 24.0 Å². The number of nitrogens with zero attached hydrogens (tertiary/aromatic N) is 1. The molecule has 0 saturated carbocycles. The normalized spacial score (nSPS) is 12.1. The number of hydrogen-bond donors (Lipinski definition) is 3. The zero-order valence-corrected chi connectivity index (χ0v) is 17.6. The molecule has 2 aromatic rings. The van der Waals surface area contributed by atoms with E-state index in [1.54, 1.807) is 19.2 Å². The Morgan fingerprint density at radius 1 is 1.32 bits per heavy atom. The van der Waals surface area contributed by atoms with Gasteiger partial charge in [-0.3, -0.25) is 4.99 Å². The second kappa shape index (κ2) is 9.96. The van der Waals surface area contributed by atoms with Gasteiger partial charge in [0.2, 0.25) is 0 Å². The fourth-order valence-corrected chi connectivity index (χ4v) is 2.35. The Morgan fingerprint density at radius 2 is 2.08 bits per heavy atom. The van der Waals surface area contributed by atoms with Crippen LogP contribution in [-0.2, 0) is 11.2 Å². The number of guanidine groups is 1. The molecule has 0 aliphatic rings. The minimum atomic E-state index is -0.295. The van der Waals surface area contributed by atoms with E-state index in [-0.39, 0.29) is 35.4 Å². The van der Waals surface area contributed by atoms with E-state index in [1.807, 2.05) is 27.0 Å². The average molecular weight is 462 g/mol.